The van der Waals surface area contributed by atoms with Crippen LogP contribution in [0.2, 0.25) is 0 Å². The van der Waals surface area contributed by atoms with Gasteiger partial charge in [-0.2, -0.15) is 0 Å². The van der Waals surface area contributed by atoms with Crippen LogP contribution >= 0.6 is 0 Å². The van der Waals surface area contributed by atoms with E-state index >= 15 is 0 Å². The molecule has 1 heterocycles. The molecule has 0 aromatic heterocycles. The van der Waals surface area contributed by atoms with E-state index in [9.17, 15) is 14.7 Å². The largest absolute Gasteiger partial charge is 0.486 e. The smallest absolute Gasteiger partial charge is 0.326 e. The van der Waals surface area contributed by atoms with E-state index in [1.54, 1.807) is 25.1 Å². The Balaban J connectivity index is 2.22. The van der Waals surface area contributed by atoms with Gasteiger partial charge in [0.25, 0.3) is 5.91 Å². The lowest BCUT2D eigenvalue weighted by atomic mass is 9.99. The van der Waals surface area contributed by atoms with Gasteiger partial charge in [-0.15, -0.1) is 0 Å². The van der Waals surface area contributed by atoms with Crippen molar-refractivity contribution < 1.29 is 24.2 Å². The summed E-state index contributed by atoms with van der Waals surface area (Å²) in [5.41, 5.74) is 0.293. The van der Waals surface area contributed by atoms with E-state index in [4.69, 9.17) is 9.47 Å². The number of carboxylic acids is 1. The summed E-state index contributed by atoms with van der Waals surface area (Å²) in [4.78, 5) is 23.6. The third-order valence-corrected chi connectivity index (χ3v) is 3.58. The number of hydrogen-bond donors (Lipinski definition) is 2. The monoisotopic (exact) mass is 293 g/mol. The zero-order valence-corrected chi connectivity index (χ0v) is 12.1. The second-order valence-electron chi connectivity index (χ2n) is 5.00. The Hall–Kier alpha value is -2.24. The Labute approximate surface area is 123 Å². The molecule has 2 rings (SSSR count). The average Bonchev–Trinajstić information content (AvgIpc) is 2.50. The van der Waals surface area contributed by atoms with Crippen LogP contribution in [0.25, 0.3) is 0 Å². The summed E-state index contributed by atoms with van der Waals surface area (Å²) in [6, 6.07) is 4.07. The van der Waals surface area contributed by atoms with Crippen molar-refractivity contribution in [2.24, 2.45) is 5.92 Å². The molecule has 0 saturated heterocycles. The molecule has 114 valence electrons. The maximum atomic E-state index is 12.3. The van der Waals surface area contributed by atoms with Crippen molar-refractivity contribution in [1.29, 1.82) is 0 Å². The van der Waals surface area contributed by atoms with E-state index < -0.39 is 17.9 Å². The van der Waals surface area contributed by atoms with Gasteiger partial charge >= 0.3 is 5.97 Å². The van der Waals surface area contributed by atoms with E-state index in [0.717, 1.165) is 0 Å². The summed E-state index contributed by atoms with van der Waals surface area (Å²) in [6.45, 7) is 4.47. The molecule has 21 heavy (non-hydrogen) atoms. The lowest BCUT2D eigenvalue weighted by Crippen LogP contribution is -2.45. The molecule has 1 aromatic carbocycles. The molecule has 2 N–H and O–H groups in total. The van der Waals surface area contributed by atoms with Gasteiger partial charge in [0, 0.05) is 0 Å². The van der Waals surface area contributed by atoms with Gasteiger partial charge < -0.3 is 19.9 Å². The lowest BCUT2D eigenvalue weighted by Gasteiger charge is -2.23. The summed E-state index contributed by atoms with van der Waals surface area (Å²) in [6.07, 6.45) is 0.657. The number of rotatable bonds is 5. The Morgan fingerprint density at radius 1 is 1.33 bits per heavy atom. The number of amides is 1. The van der Waals surface area contributed by atoms with Crippen LogP contribution in [0.3, 0.4) is 0 Å². The molecule has 1 unspecified atom stereocenters. The Kier molecular flexibility index (Phi) is 4.67. The lowest BCUT2D eigenvalue weighted by molar-refractivity contribution is -0.140. The number of carbonyl (C=O) groups is 2. The van der Waals surface area contributed by atoms with Gasteiger partial charge in [-0.25, -0.2) is 4.79 Å². The van der Waals surface area contributed by atoms with Gasteiger partial charge in [0.15, 0.2) is 11.5 Å². The molecule has 0 radical (unpaired) electrons. The Bertz CT molecular complexity index is 543. The molecule has 0 aliphatic carbocycles. The number of hydrogen-bond acceptors (Lipinski definition) is 4. The molecule has 0 fully saturated rings. The number of carbonyl (C=O) groups excluding carboxylic acids is 1. The molecule has 2 atom stereocenters. The highest BCUT2D eigenvalue weighted by Gasteiger charge is 2.28. The fraction of sp³-hybridized carbons (Fsp3) is 0.467. The van der Waals surface area contributed by atoms with Crippen LogP contribution in [-0.4, -0.2) is 36.2 Å². The quantitative estimate of drug-likeness (QED) is 0.863. The van der Waals surface area contributed by atoms with Crippen molar-refractivity contribution in [3.05, 3.63) is 23.8 Å². The first-order valence-corrected chi connectivity index (χ1v) is 6.96. The van der Waals surface area contributed by atoms with Crippen LogP contribution in [0.5, 0.6) is 11.5 Å². The Morgan fingerprint density at radius 2 is 2.05 bits per heavy atom. The first-order valence-electron chi connectivity index (χ1n) is 6.96. The molecular formula is C15H19NO5. The van der Waals surface area contributed by atoms with Gasteiger partial charge in [-0.1, -0.05) is 26.3 Å². The number of benzene rings is 1. The van der Waals surface area contributed by atoms with E-state index in [1.807, 2.05) is 6.92 Å². The molecule has 6 heteroatoms. The minimum atomic E-state index is -1.04. The number of carboxylic acid groups (broad SMARTS) is 1. The normalized spacial score (nSPS) is 15.9. The predicted molar refractivity (Wildman–Crippen MR) is 75.8 cm³/mol. The minimum absolute atomic E-state index is 0.164. The second kappa shape index (κ2) is 6.47. The Morgan fingerprint density at radius 3 is 2.71 bits per heavy atom. The molecule has 1 aromatic rings. The van der Waals surface area contributed by atoms with Crippen LogP contribution in [-0.2, 0) is 4.79 Å². The van der Waals surface area contributed by atoms with Crippen molar-refractivity contribution in [1.82, 2.24) is 5.32 Å². The summed E-state index contributed by atoms with van der Waals surface area (Å²) < 4.78 is 10.9. The highest BCUT2D eigenvalue weighted by Crippen LogP contribution is 2.33. The summed E-state index contributed by atoms with van der Waals surface area (Å²) in [5.74, 6) is -0.799. The number of ether oxygens (including phenoxy) is 2. The number of nitrogens with one attached hydrogen (secondary N) is 1. The third kappa shape index (κ3) is 3.26. The van der Waals surface area contributed by atoms with Crippen LogP contribution in [0.1, 0.15) is 30.6 Å². The molecule has 0 saturated carbocycles. The topological polar surface area (TPSA) is 84.9 Å². The molecule has 6 nitrogen and oxygen atoms in total. The highest BCUT2D eigenvalue weighted by atomic mass is 16.6. The molecule has 1 aliphatic heterocycles. The van der Waals surface area contributed by atoms with Crippen molar-refractivity contribution in [3.63, 3.8) is 0 Å². The van der Waals surface area contributed by atoms with Gasteiger partial charge in [0.05, 0.1) is 5.56 Å². The summed E-state index contributed by atoms with van der Waals surface area (Å²) in [7, 11) is 0. The van der Waals surface area contributed by atoms with Gasteiger partial charge in [-0.05, 0) is 18.1 Å². The first kappa shape index (κ1) is 15.2. The zero-order valence-electron chi connectivity index (χ0n) is 12.1. The van der Waals surface area contributed by atoms with Crippen LogP contribution in [0.15, 0.2) is 18.2 Å². The maximum Gasteiger partial charge on any atom is 0.326 e. The van der Waals surface area contributed by atoms with Gasteiger partial charge in [0.2, 0.25) is 0 Å². The SMILES string of the molecule is CCC(C)[C@H](NC(=O)c1cccc2c1OCCO2)C(=O)O. The maximum absolute atomic E-state index is 12.3. The van der Waals surface area contributed by atoms with Crippen molar-refractivity contribution in [2.45, 2.75) is 26.3 Å². The molecule has 0 bridgehead atoms. The number of aliphatic carboxylic acids is 1. The fourth-order valence-electron chi connectivity index (χ4n) is 2.15. The van der Waals surface area contributed by atoms with Crippen molar-refractivity contribution in [2.75, 3.05) is 13.2 Å². The predicted octanol–water partition coefficient (Wildman–Crippen LogP) is 1.69. The summed E-state index contributed by atoms with van der Waals surface area (Å²) in [5, 5.41) is 11.8. The van der Waals surface area contributed by atoms with E-state index in [0.29, 0.717) is 36.7 Å². The standard InChI is InChI=1S/C15H19NO5/c1-3-9(2)12(15(18)19)16-14(17)10-5-4-6-11-13(10)21-8-7-20-11/h4-6,9,12H,3,7-8H2,1-2H3,(H,16,17)(H,18,19)/t9?,12-/m0/s1. The van der Waals surface area contributed by atoms with Gasteiger partial charge in [0.1, 0.15) is 19.3 Å². The first-order chi connectivity index (χ1) is 10.0. The highest BCUT2D eigenvalue weighted by molar-refractivity contribution is 5.99. The van der Waals surface area contributed by atoms with E-state index in [-0.39, 0.29) is 5.92 Å². The van der Waals surface area contributed by atoms with Crippen molar-refractivity contribution >= 4 is 11.9 Å². The number of para-hydroxylation sites is 1. The van der Waals surface area contributed by atoms with Crippen LogP contribution in [0.4, 0.5) is 0 Å². The van der Waals surface area contributed by atoms with Gasteiger partial charge in [-0.3, -0.25) is 4.79 Å². The summed E-state index contributed by atoms with van der Waals surface area (Å²) >= 11 is 0. The second-order valence-corrected chi connectivity index (χ2v) is 5.00. The van der Waals surface area contributed by atoms with E-state index in [2.05, 4.69) is 5.32 Å². The third-order valence-electron chi connectivity index (χ3n) is 3.58. The molecule has 1 amide bonds. The van der Waals surface area contributed by atoms with E-state index in [1.165, 1.54) is 0 Å². The van der Waals surface area contributed by atoms with Crippen molar-refractivity contribution in [3.8, 4) is 11.5 Å². The number of fused-ring (bicyclic) bond motifs is 1. The minimum Gasteiger partial charge on any atom is -0.486 e. The molecular weight excluding hydrogens is 274 g/mol. The van der Waals surface area contributed by atoms with Crippen LogP contribution < -0.4 is 14.8 Å². The average molecular weight is 293 g/mol. The fourth-order valence-corrected chi connectivity index (χ4v) is 2.15. The molecule has 1 aliphatic rings. The van der Waals surface area contributed by atoms with Crippen LogP contribution in [0, 0.1) is 5.92 Å². The zero-order chi connectivity index (χ0) is 15.4. The molecule has 0 spiro atoms.